The maximum Gasteiger partial charge on any atom is 0.274 e. The average molecular weight is 325 g/mol. The second kappa shape index (κ2) is 6.66. The standard InChI is InChI=1S/C17H19N5O2/c1-12(21-9-7-18-13(21)2)16(23)19-8-10-22-17(24)15-6-4-3-5-14(15)11-20-22/h3-7,9,11-12H,8,10H2,1-2H3,(H,19,23)/t12-/m0/s1. The molecule has 0 aliphatic heterocycles. The maximum absolute atomic E-state index is 12.3. The Balaban J connectivity index is 1.64. The lowest BCUT2D eigenvalue weighted by Crippen LogP contribution is -2.35. The number of fused-ring (bicyclic) bond motifs is 1. The molecule has 2 aromatic heterocycles. The smallest absolute Gasteiger partial charge is 0.274 e. The number of aromatic nitrogens is 4. The molecule has 0 fully saturated rings. The van der Waals surface area contributed by atoms with Crippen molar-refractivity contribution in [2.75, 3.05) is 6.54 Å². The SMILES string of the molecule is Cc1nccn1[C@@H](C)C(=O)NCCn1ncc2ccccc2c1=O. The highest BCUT2D eigenvalue weighted by atomic mass is 16.2. The molecule has 3 aromatic rings. The summed E-state index contributed by atoms with van der Waals surface area (Å²) in [6.45, 7) is 4.32. The van der Waals surface area contributed by atoms with Crippen LogP contribution in [0, 0.1) is 6.92 Å². The molecule has 0 aliphatic carbocycles. The number of carbonyl (C=O) groups is 1. The quantitative estimate of drug-likeness (QED) is 0.766. The zero-order valence-corrected chi connectivity index (χ0v) is 13.6. The van der Waals surface area contributed by atoms with Crippen LogP contribution < -0.4 is 10.9 Å². The lowest BCUT2D eigenvalue weighted by Gasteiger charge is -2.15. The summed E-state index contributed by atoms with van der Waals surface area (Å²) >= 11 is 0. The molecule has 2 heterocycles. The van der Waals surface area contributed by atoms with E-state index in [2.05, 4.69) is 15.4 Å². The molecule has 124 valence electrons. The van der Waals surface area contributed by atoms with Gasteiger partial charge in [0.05, 0.1) is 18.1 Å². The van der Waals surface area contributed by atoms with Gasteiger partial charge in [-0.15, -0.1) is 0 Å². The van der Waals surface area contributed by atoms with Gasteiger partial charge < -0.3 is 9.88 Å². The van der Waals surface area contributed by atoms with Gasteiger partial charge in [0.2, 0.25) is 5.91 Å². The van der Waals surface area contributed by atoms with Crippen LogP contribution in [0.4, 0.5) is 0 Å². The molecule has 1 aromatic carbocycles. The molecule has 7 heteroatoms. The van der Waals surface area contributed by atoms with Crippen molar-refractivity contribution in [2.24, 2.45) is 0 Å². The first-order valence-electron chi connectivity index (χ1n) is 7.80. The van der Waals surface area contributed by atoms with E-state index >= 15 is 0 Å². The number of aryl methyl sites for hydroxylation is 1. The second-order valence-electron chi connectivity index (χ2n) is 5.61. The molecular weight excluding hydrogens is 306 g/mol. The molecule has 7 nitrogen and oxygen atoms in total. The lowest BCUT2D eigenvalue weighted by atomic mass is 10.2. The first-order valence-corrected chi connectivity index (χ1v) is 7.80. The van der Waals surface area contributed by atoms with Crippen molar-refractivity contribution in [1.29, 1.82) is 0 Å². The molecule has 24 heavy (non-hydrogen) atoms. The summed E-state index contributed by atoms with van der Waals surface area (Å²) in [6.07, 6.45) is 5.10. The molecule has 1 atom stereocenters. The van der Waals surface area contributed by atoms with Crippen molar-refractivity contribution in [1.82, 2.24) is 24.6 Å². The van der Waals surface area contributed by atoms with Gasteiger partial charge >= 0.3 is 0 Å². The molecule has 0 spiro atoms. The fourth-order valence-electron chi connectivity index (χ4n) is 2.64. The van der Waals surface area contributed by atoms with Crippen LogP contribution in [0.15, 0.2) is 47.7 Å². The van der Waals surface area contributed by atoms with Gasteiger partial charge in [-0.2, -0.15) is 5.10 Å². The topological polar surface area (TPSA) is 81.8 Å². The van der Waals surface area contributed by atoms with E-state index in [1.807, 2.05) is 32.0 Å². The van der Waals surface area contributed by atoms with E-state index < -0.39 is 0 Å². The fourth-order valence-corrected chi connectivity index (χ4v) is 2.64. The van der Waals surface area contributed by atoms with Gasteiger partial charge in [0, 0.05) is 24.3 Å². The molecule has 1 N–H and O–H groups in total. The van der Waals surface area contributed by atoms with E-state index in [1.165, 1.54) is 4.68 Å². The van der Waals surface area contributed by atoms with Gasteiger partial charge in [-0.3, -0.25) is 9.59 Å². The normalized spacial score (nSPS) is 12.2. The highest BCUT2D eigenvalue weighted by Crippen LogP contribution is 2.08. The summed E-state index contributed by atoms with van der Waals surface area (Å²) in [6, 6.07) is 6.97. The minimum Gasteiger partial charge on any atom is -0.352 e. The molecular formula is C17H19N5O2. The van der Waals surface area contributed by atoms with Gasteiger partial charge in [-0.05, 0) is 19.9 Å². The Morgan fingerprint density at radius 1 is 1.33 bits per heavy atom. The van der Waals surface area contributed by atoms with Crippen LogP contribution in [0.3, 0.4) is 0 Å². The fraction of sp³-hybridized carbons (Fsp3) is 0.294. The van der Waals surface area contributed by atoms with Crippen LogP contribution in [0.5, 0.6) is 0 Å². The van der Waals surface area contributed by atoms with E-state index in [4.69, 9.17) is 0 Å². The van der Waals surface area contributed by atoms with E-state index in [-0.39, 0.29) is 17.5 Å². The molecule has 3 rings (SSSR count). The van der Waals surface area contributed by atoms with Crippen LogP contribution in [-0.2, 0) is 11.3 Å². The second-order valence-corrected chi connectivity index (χ2v) is 5.61. The van der Waals surface area contributed by atoms with Gasteiger partial charge in [-0.1, -0.05) is 18.2 Å². The van der Waals surface area contributed by atoms with Crippen LogP contribution >= 0.6 is 0 Å². The molecule has 0 radical (unpaired) electrons. The van der Waals surface area contributed by atoms with Crippen molar-refractivity contribution in [3.05, 3.63) is 59.0 Å². The van der Waals surface area contributed by atoms with E-state index in [1.54, 1.807) is 29.2 Å². The molecule has 0 saturated heterocycles. The third kappa shape index (κ3) is 3.05. The van der Waals surface area contributed by atoms with E-state index in [0.717, 1.165) is 11.2 Å². The van der Waals surface area contributed by atoms with Gasteiger partial charge in [0.15, 0.2) is 0 Å². The zero-order valence-electron chi connectivity index (χ0n) is 13.6. The van der Waals surface area contributed by atoms with Crippen LogP contribution in [0.1, 0.15) is 18.8 Å². The van der Waals surface area contributed by atoms with Crippen molar-refractivity contribution < 1.29 is 4.79 Å². The summed E-state index contributed by atoms with van der Waals surface area (Å²) in [5.74, 6) is 0.662. The molecule has 0 saturated carbocycles. The highest BCUT2D eigenvalue weighted by Gasteiger charge is 2.15. The number of imidazole rings is 1. The number of rotatable bonds is 5. The van der Waals surface area contributed by atoms with Crippen molar-refractivity contribution in [3.63, 3.8) is 0 Å². The summed E-state index contributed by atoms with van der Waals surface area (Å²) in [5.41, 5.74) is -0.152. The van der Waals surface area contributed by atoms with Gasteiger partial charge in [0.25, 0.3) is 5.56 Å². The van der Waals surface area contributed by atoms with Crippen LogP contribution in [0.2, 0.25) is 0 Å². The van der Waals surface area contributed by atoms with Gasteiger partial charge in [-0.25, -0.2) is 9.67 Å². The Labute approximate surface area is 138 Å². The molecule has 0 bridgehead atoms. The van der Waals surface area contributed by atoms with Crippen LogP contribution in [-0.4, -0.2) is 31.8 Å². The Kier molecular flexibility index (Phi) is 4.41. The monoisotopic (exact) mass is 325 g/mol. The maximum atomic E-state index is 12.3. The predicted octanol–water partition coefficient (Wildman–Crippen LogP) is 1.28. The third-order valence-corrected chi connectivity index (χ3v) is 4.04. The van der Waals surface area contributed by atoms with Crippen molar-refractivity contribution in [2.45, 2.75) is 26.4 Å². The first-order chi connectivity index (χ1) is 11.6. The zero-order chi connectivity index (χ0) is 17.1. The largest absolute Gasteiger partial charge is 0.352 e. The number of nitrogens with one attached hydrogen (secondary N) is 1. The first kappa shape index (κ1) is 15.9. The number of carbonyl (C=O) groups excluding carboxylic acids is 1. The summed E-state index contributed by atoms with van der Waals surface area (Å²) in [4.78, 5) is 28.7. The summed E-state index contributed by atoms with van der Waals surface area (Å²) < 4.78 is 3.17. The van der Waals surface area contributed by atoms with Crippen molar-refractivity contribution >= 4 is 16.7 Å². The minimum atomic E-state index is -0.353. The molecule has 0 aliphatic rings. The Bertz CT molecular complexity index is 928. The average Bonchev–Trinajstić information content (AvgIpc) is 3.02. The Hall–Kier alpha value is -2.96. The highest BCUT2D eigenvalue weighted by molar-refractivity contribution is 5.80. The number of hydrogen-bond donors (Lipinski definition) is 1. The summed E-state index contributed by atoms with van der Waals surface area (Å²) in [5, 5.41) is 8.42. The lowest BCUT2D eigenvalue weighted by molar-refractivity contribution is -0.123. The number of nitrogens with zero attached hydrogens (tertiary/aromatic N) is 4. The predicted molar refractivity (Wildman–Crippen MR) is 90.7 cm³/mol. The number of benzene rings is 1. The Morgan fingerprint density at radius 3 is 2.88 bits per heavy atom. The third-order valence-electron chi connectivity index (χ3n) is 4.04. The van der Waals surface area contributed by atoms with Gasteiger partial charge in [0.1, 0.15) is 11.9 Å². The van der Waals surface area contributed by atoms with Crippen LogP contribution in [0.25, 0.3) is 10.8 Å². The Morgan fingerprint density at radius 2 is 2.12 bits per heavy atom. The van der Waals surface area contributed by atoms with E-state index in [0.29, 0.717) is 18.5 Å². The molecule has 1 amide bonds. The molecule has 0 unspecified atom stereocenters. The summed E-state index contributed by atoms with van der Waals surface area (Å²) in [7, 11) is 0. The minimum absolute atomic E-state index is 0.120. The number of amides is 1. The van der Waals surface area contributed by atoms with Crippen molar-refractivity contribution in [3.8, 4) is 0 Å². The number of hydrogen-bond acceptors (Lipinski definition) is 4. The van der Waals surface area contributed by atoms with E-state index in [9.17, 15) is 9.59 Å².